The minimum Gasteiger partial charge on any atom is -0.494 e. The standard InChI is InChI=1S/C21H19FN2O4/c1-13(15-7-10-18(27-2)17(22)12-15)23-20(25)14-5-8-16(9-6-14)24-21(26)19-4-3-11-28-19/h3-13H,1-2H3,(H,23,25)(H,24,26)/t13-/m1/s1. The maximum atomic E-state index is 13.8. The zero-order valence-electron chi connectivity index (χ0n) is 15.4. The molecule has 0 aliphatic carbocycles. The van der Waals surface area contributed by atoms with Crippen LogP contribution in [0, 0.1) is 5.82 Å². The van der Waals surface area contributed by atoms with E-state index in [0.29, 0.717) is 16.8 Å². The lowest BCUT2D eigenvalue weighted by Crippen LogP contribution is -2.26. The first kappa shape index (κ1) is 19.2. The first-order valence-corrected chi connectivity index (χ1v) is 8.57. The number of carbonyl (C=O) groups is 2. The first-order chi connectivity index (χ1) is 13.5. The van der Waals surface area contributed by atoms with Crippen molar-refractivity contribution in [2.75, 3.05) is 12.4 Å². The third kappa shape index (κ3) is 4.37. The summed E-state index contributed by atoms with van der Waals surface area (Å²) < 4.78 is 23.8. The van der Waals surface area contributed by atoms with Crippen LogP contribution in [0.1, 0.15) is 39.4 Å². The van der Waals surface area contributed by atoms with Crippen molar-refractivity contribution in [3.8, 4) is 5.75 Å². The molecule has 0 aliphatic heterocycles. The normalized spacial score (nSPS) is 11.5. The molecule has 0 spiro atoms. The molecule has 0 radical (unpaired) electrons. The summed E-state index contributed by atoms with van der Waals surface area (Å²) in [6.07, 6.45) is 1.41. The summed E-state index contributed by atoms with van der Waals surface area (Å²) in [5.74, 6) is -0.834. The molecule has 0 fully saturated rings. The van der Waals surface area contributed by atoms with Gasteiger partial charge in [-0.3, -0.25) is 9.59 Å². The molecular weight excluding hydrogens is 363 g/mol. The van der Waals surface area contributed by atoms with Gasteiger partial charge in [0, 0.05) is 11.3 Å². The van der Waals surface area contributed by atoms with Crippen molar-refractivity contribution in [1.82, 2.24) is 5.32 Å². The second-order valence-corrected chi connectivity index (χ2v) is 6.10. The van der Waals surface area contributed by atoms with Crippen LogP contribution >= 0.6 is 0 Å². The third-order valence-electron chi connectivity index (χ3n) is 4.17. The molecule has 0 unspecified atom stereocenters. The number of ether oxygens (including phenoxy) is 1. The van der Waals surface area contributed by atoms with Crippen LogP contribution in [0.2, 0.25) is 0 Å². The van der Waals surface area contributed by atoms with E-state index < -0.39 is 11.9 Å². The van der Waals surface area contributed by atoms with Gasteiger partial charge in [0.25, 0.3) is 11.8 Å². The van der Waals surface area contributed by atoms with Crippen molar-refractivity contribution in [2.45, 2.75) is 13.0 Å². The van der Waals surface area contributed by atoms with E-state index in [1.165, 1.54) is 25.5 Å². The van der Waals surface area contributed by atoms with Crippen molar-refractivity contribution in [3.05, 3.63) is 83.6 Å². The van der Waals surface area contributed by atoms with E-state index in [1.54, 1.807) is 49.4 Å². The molecule has 2 aromatic carbocycles. The molecule has 2 amide bonds. The van der Waals surface area contributed by atoms with Crippen LogP contribution < -0.4 is 15.4 Å². The fraction of sp³-hybridized carbons (Fsp3) is 0.143. The van der Waals surface area contributed by atoms with E-state index in [9.17, 15) is 14.0 Å². The van der Waals surface area contributed by atoms with Gasteiger partial charge in [-0.2, -0.15) is 0 Å². The van der Waals surface area contributed by atoms with Crippen molar-refractivity contribution >= 4 is 17.5 Å². The number of benzene rings is 2. The summed E-state index contributed by atoms with van der Waals surface area (Å²) in [6.45, 7) is 1.76. The maximum absolute atomic E-state index is 13.8. The number of rotatable bonds is 6. The lowest BCUT2D eigenvalue weighted by atomic mass is 10.1. The summed E-state index contributed by atoms with van der Waals surface area (Å²) in [5.41, 5.74) is 1.56. The minimum atomic E-state index is -0.488. The molecular formula is C21H19FN2O4. The quantitative estimate of drug-likeness (QED) is 0.670. The van der Waals surface area contributed by atoms with E-state index in [1.807, 2.05) is 0 Å². The van der Waals surface area contributed by atoms with Crippen LogP contribution in [-0.4, -0.2) is 18.9 Å². The number of carbonyl (C=O) groups excluding carboxylic acids is 2. The molecule has 0 saturated heterocycles. The van der Waals surface area contributed by atoms with E-state index >= 15 is 0 Å². The fourth-order valence-electron chi connectivity index (χ4n) is 2.62. The molecule has 0 aliphatic rings. The lowest BCUT2D eigenvalue weighted by molar-refractivity contribution is 0.0939. The van der Waals surface area contributed by atoms with Crippen LogP contribution in [0.3, 0.4) is 0 Å². The molecule has 1 heterocycles. The smallest absolute Gasteiger partial charge is 0.291 e. The maximum Gasteiger partial charge on any atom is 0.291 e. The molecule has 0 bridgehead atoms. The van der Waals surface area contributed by atoms with Gasteiger partial charge in [0.1, 0.15) is 0 Å². The fourth-order valence-corrected chi connectivity index (χ4v) is 2.62. The summed E-state index contributed by atoms with van der Waals surface area (Å²) in [6, 6.07) is 13.7. The predicted molar refractivity (Wildman–Crippen MR) is 102 cm³/mol. The molecule has 3 rings (SSSR count). The average Bonchev–Trinajstić information content (AvgIpc) is 3.23. The number of methoxy groups -OCH3 is 1. The Hall–Kier alpha value is -3.61. The second kappa shape index (κ2) is 8.39. The Morgan fingerprint density at radius 1 is 1.07 bits per heavy atom. The van der Waals surface area contributed by atoms with Crippen molar-refractivity contribution in [2.24, 2.45) is 0 Å². The Morgan fingerprint density at radius 3 is 2.43 bits per heavy atom. The van der Waals surface area contributed by atoms with Gasteiger partial charge < -0.3 is 19.8 Å². The van der Waals surface area contributed by atoms with Gasteiger partial charge in [0.05, 0.1) is 19.4 Å². The highest BCUT2D eigenvalue weighted by Gasteiger charge is 2.14. The monoisotopic (exact) mass is 382 g/mol. The van der Waals surface area contributed by atoms with Crippen LogP contribution in [0.15, 0.2) is 65.3 Å². The van der Waals surface area contributed by atoms with Crippen LogP contribution in [0.5, 0.6) is 5.75 Å². The zero-order chi connectivity index (χ0) is 20.1. The number of nitrogens with one attached hydrogen (secondary N) is 2. The summed E-state index contributed by atoms with van der Waals surface area (Å²) in [5, 5.41) is 5.49. The van der Waals surface area contributed by atoms with Crippen LogP contribution in [0.25, 0.3) is 0 Å². The molecule has 3 aromatic rings. The Bertz CT molecular complexity index is 969. The van der Waals surface area contributed by atoms with E-state index in [-0.39, 0.29) is 23.3 Å². The molecule has 144 valence electrons. The molecule has 2 N–H and O–H groups in total. The molecule has 1 aromatic heterocycles. The van der Waals surface area contributed by atoms with Gasteiger partial charge in [-0.05, 0) is 61.0 Å². The van der Waals surface area contributed by atoms with E-state index in [2.05, 4.69) is 10.6 Å². The van der Waals surface area contributed by atoms with Gasteiger partial charge in [-0.15, -0.1) is 0 Å². The Labute approximate surface area is 161 Å². The lowest BCUT2D eigenvalue weighted by Gasteiger charge is -2.15. The largest absolute Gasteiger partial charge is 0.494 e. The SMILES string of the molecule is COc1ccc([C@@H](C)NC(=O)c2ccc(NC(=O)c3ccco3)cc2)cc1F. The average molecular weight is 382 g/mol. The highest BCUT2D eigenvalue weighted by molar-refractivity contribution is 6.02. The molecule has 7 heteroatoms. The topological polar surface area (TPSA) is 80.6 Å². The van der Waals surface area contributed by atoms with E-state index in [4.69, 9.17) is 9.15 Å². The van der Waals surface area contributed by atoms with Gasteiger partial charge in [0.2, 0.25) is 0 Å². The second-order valence-electron chi connectivity index (χ2n) is 6.10. The van der Waals surface area contributed by atoms with Crippen LogP contribution in [0.4, 0.5) is 10.1 Å². The van der Waals surface area contributed by atoms with Gasteiger partial charge in [0.15, 0.2) is 17.3 Å². The van der Waals surface area contributed by atoms with Crippen LogP contribution in [-0.2, 0) is 0 Å². The number of hydrogen-bond acceptors (Lipinski definition) is 4. The van der Waals surface area contributed by atoms with Gasteiger partial charge in [-0.25, -0.2) is 4.39 Å². The molecule has 1 atom stereocenters. The number of amides is 2. The third-order valence-corrected chi connectivity index (χ3v) is 4.17. The van der Waals surface area contributed by atoms with Gasteiger partial charge in [-0.1, -0.05) is 6.07 Å². The number of furan rings is 1. The van der Waals surface area contributed by atoms with Crippen molar-refractivity contribution in [1.29, 1.82) is 0 Å². The predicted octanol–water partition coefficient (Wildman–Crippen LogP) is 4.17. The Balaban J connectivity index is 1.62. The molecule has 28 heavy (non-hydrogen) atoms. The van der Waals surface area contributed by atoms with Gasteiger partial charge >= 0.3 is 0 Å². The summed E-state index contributed by atoms with van der Waals surface area (Å²) >= 11 is 0. The number of hydrogen-bond donors (Lipinski definition) is 2. The summed E-state index contributed by atoms with van der Waals surface area (Å²) in [7, 11) is 1.39. The highest BCUT2D eigenvalue weighted by Crippen LogP contribution is 2.22. The number of halogens is 1. The molecule has 0 saturated carbocycles. The van der Waals surface area contributed by atoms with Crippen molar-refractivity contribution in [3.63, 3.8) is 0 Å². The highest BCUT2D eigenvalue weighted by atomic mass is 19.1. The Morgan fingerprint density at radius 2 is 1.82 bits per heavy atom. The Kier molecular flexibility index (Phi) is 5.74. The minimum absolute atomic E-state index is 0.148. The van der Waals surface area contributed by atoms with E-state index in [0.717, 1.165) is 0 Å². The zero-order valence-corrected chi connectivity index (χ0v) is 15.4. The van der Waals surface area contributed by atoms with Crippen molar-refractivity contribution < 1.29 is 23.1 Å². The molecule has 6 nitrogen and oxygen atoms in total. The number of anilines is 1. The first-order valence-electron chi connectivity index (χ1n) is 8.57. The summed E-state index contributed by atoms with van der Waals surface area (Å²) in [4.78, 5) is 24.4.